The van der Waals surface area contributed by atoms with Gasteiger partial charge in [0.1, 0.15) is 6.10 Å². The smallest absolute Gasteiger partial charge is 0.345 e. The largest absolute Gasteiger partial charge is 0.460 e. The second kappa shape index (κ2) is 5.09. The van der Waals surface area contributed by atoms with Crippen molar-refractivity contribution in [3.05, 3.63) is 0 Å². The summed E-state index contributed by atoms with van der Waals surface area (Å²) < 4.78 is 4.33. The first-order valence-corrected chi connectivity index (χ1v) is 6.47. The van der Waals surface area contributed by atoms with Crippen molar-refractivity contribution in [3.63, 3.8) is 0 Å². The Morgan fingerprint density at radius 2 is 1.85 bits per heavy atom. The number of carbonyl (C=O) groups excluding carboxylic acids is 1. The van der Waals surface area contributed by atoms with Gasteiger partial charge in [0.15, 0.2) is 0 Å². The summed E-state index contributed by atoms with van der Waals surface area (Å²) in [5.41, 5.74) is 0. The minimum absolute atomic E-state index is 0.0736. The van der Waals surface area contributed by atoms with E-state index in [1.54, 1.807) is 0 Å². The van der Waals surface area contributed by atoms with Crippen LogP contribution in [-0.2, 0) is 9.53 Å². The van der Waals surface area contributed by atoms with Gasteiger partial charge in [-0.1, -0.05) is 0 Å². The molecule has 6 heteroatoms. The Balaban J connectivity index is 2.35. The lowest BCUT2D eigenvalue weighted by Gasteiger charge is -2.22. The highest BCUT2D eigenvalue weighted by Gasteiger charge is 2.33. The van der Waals surface area contributed by atoms with Crippen LogP contribution in [0, 0.1) is 0 Å². The number of hydrogen-bond donors (Lipinski definition) is 1. The topological polar surface area (TPSA) is 42.9 Å². The van der Waals surface area contributed by atoms with Gasteiger partial charge in [0, 0.05) is 12.8 Å². The minimum Gasteiger partial charge on any atom is -0.460 e. The Morgan fingerprint density at radius 3 is 2.31 bits per heavy atom. The molecule has 0 aromatic heterocycles. The van der Waals surface area contributed by atoms with Crippen molar-refractivity contribution < 1.29 is 14.8 Å². The molecule has 1 aliphatic rings. The van der Waals surface area contributed by atoms with Crippen molar-refractivity contribution >= 4 is 53.8 Å². The lowest BCUT2D eigenvalue weighted by molar-refractivity contribution is -0.664. The highest BCUT2D eigenvalue weighted by atomic mass is 80.0. The van der Waals surface area contributed by atoms with Crippen LogP contribution in [0.4, 0.5) is 0 Å². The third kappa shape index (κ3) is 4.27. The minimum atomic E-state index is -0.922. The summed E-state index contributed by atoms with van der Waals surface area (Å²) in [5, 5.41) is 2.23. The second-order valence-corrected chi connectivity index (χ2v) is 9.73. The average molecular weight is 381 g/mol. The summed E-state index contributed by atoms with van der Waals surface area (Å²) in [6.07, 6.45) is 1.95. The van der Waals surface area contributed by atoms with Crippen LogP contribution in [0.1, 0.15) is 12.8 Å². The predicted octanol–water partition coefficient (Wildman–Crippen LogP) is 1.09. The van der Waals surface area contributed by atoms with E-state index in [-0.39, 0.29) is 12.1 Å². The van der Waals surface area contributed by atoms with Crippen LogP contribution in [0.2, 0.25) is 0 Å². The number of esters is 1. The fourth-order valence-electron chi connectivity index (χ4n) is 1.23. The van der Waals surface area contributed by atoms with Gasteiger partial charge >= 0.3 is 5.97 Å². The number of quaternary nitrogens is 1. The van der Waals surface area contributed by atoms with Crippen molar-refractivity contribution in [3.8, 4) is 0 Å². The molecular formula is C7H11Br3NO2+. The van der Waals surface area contributed by atoms with E-state index in [1.807, 2.05) is 0 Å². The van der Waals surface area contributed by atoms with E-state index in [9.17, 15) is 4.79 Å². The molecule has 0 unspecified atom stereocenters. The van der Waals surface area contributed by atoms with Crippen LogP contribution in [0.5, 0.6) is 0 Å². The van der Waals surface area contributed by atoms with Crippen molar-refractivity contribution in [2.75, 3.05) is 13.1 Å². The summed E-state index contributed by atoms with van der Waals surface area (Å²) in [4.78, 5) is 11.4. The normalized spacial score (nSPS) is 19.9. The van der Waals surface area contributed by atoms with Crippen LogP contribution >= 0.6 is 47.8 Å². The van der Waals surface area contributed by atoms with Gasteiger partial charge in [0.25, 0.3) is 0 Å². The number of hydrogen-bond acceptors (Lipinski definition) is 2. The van der Waals surface area contributed by atoms with Crippen molar-refractivity contribution in [1.29, 1.82) is 0 Å². The highest BCUT2D eigenvalue weighted by Crippen LogP contribution is 2.35. The summed E-state index contributed by atoms with van der Waals surface area (Å²) in [7, 11) is 0. The van der Waals surface area contributed by atoms with Crippen molar-refractivity contribution in [2.24, 2.45) is 0 Å². The number of alkyl halides is 3. The summed E-state index contributed by atoms with van der Waals surface area (Å²) in [5.74, 6) is -0.320. The van der Waals surface area contributed by atoms with Crippen LogP contribution in [-0.4, -0.2) is 27.3 Å². The predicted molar refractivity (Wildman–Crippen MR) is 60.3 cm³/mol. The number of halogens is 3. The zero-order valence-electron chi connectivity index (χ0n) is 6.93. The van der Waals surface area contributed by atoms with E-state index in [0.29, 0.717) is 0 Å². The monoisotopic (exact) mass is 378 g/mol. The molecule has 76 valence electrons. The molecule has 0 spiro atoms. The van der Waals surface area contributed by atoms with Gasteiger partial charge in [0.2, 0.25) is 2.14 Å². The molecule has 0 aromatic rings. The molecule has 0 aromatic carbocycles. The van der Waals surface area contributed by atoms with Crippen molar-refractivity contribution in [2.45, 2.75) is 21.1 Å². The van der Waals surface area contributed by atoms with Crippen LogP contribution in [0.25, 0.3) is 0 Å². The maximum atomic E-state index is 11.4. The molecule has 0 bridgehead atoms. The molecule has 0 radical (unpaired) electrons. The van der Waals surface area contributed by atoms with E-state index in [4.69, 9.17) is 4.74 Å². The summed E-state index contributed by atoms with van der Waals surface area (Å²) >= 11 is 9.37. The quantitative estimate of drug-likeness (QED) is 0.546. The molecule has 0 amide bonds. The van der Waals surface area contributed by atoms with E-state index < -0.39 is 2.14 Å². The number of ether oxygens (including phenoxy) is 1. The molecule has 1 rings (SSSR count). The van der Waals surface area contributed by atoms with E-state index in [1.165, 1.54) is 0 Å². The molecular weight excluding hydrogens is 370 g/mol. The standard InChI is InChI=1S/C7H10Br3NO2/c8-7(9,10)6(12)13-5-1-3-11-4-2-5/h5,11H,1-4H2/p+1. The second-order valence-electron chi connectivity index (χ2n) is 2.97. The van der Waals surface area contributed by atoms with Crippen LogP contribution in [0.15, 0.2) is 0 Å². The van der Waals surface area contributed by atoms with Gasteiger partial charge < -0.3 is 10.1 Å². The fourth-order valence-corrected chi connectivity index (χ4v) is 1.51. The van der Waals surface area contributed by atoms with Gasteiger partial charge in [-0.15, -0.1) is 0 Å². The SMILES string of the molecule is O=C(OC1CC[NH2+]CC1)C(Br)(Br)Br. The third-order valence-corrected chi connectivity index (χ3v) is 2.86. The first-order chi connectivity index (χ1) is 6.00. The van der Waals surface area contributed by atoms with Crippen LogP contribution < -0.4 is 5.32 Å². The Kier molecular flexibility index (Phi) is 4.68. The zero-order valence-corrected chi connectivity index (χ0v) is 11.7. The van der Waals surface area contributed by atoms with E-state index in [0.717, 1.165) is 25.9 Å². The first-order valence-electron chi connectivity index (χ1n) is 4.09. The average Bonchev–Trinajstić information content (AvgIpc) is 2.04. The Labute approximate surface area is 102 Å². The first kappa shape index (κ1) is 11.9. The molecule has 0 aliphatic carbocycles. The molecule has 13 heavy (non-hydrogen) atoms. The van der Waals surface area contributed by atoms with Crippen LogP contribution in [0.3, 0.4) is 0 Å². The van der Waals surface area contributed by atoms with Crippen molar-refractivity contribution in [1.82, 2.24) is 0 Å². The Morgan fingerprint density at radius 1 is 1.31 bits per heavy atom. The Hall–Kier alpha value is 0.870. The maximum Gasteiger partial charge on any atom is 0.345 e. The van der Waals surface area contributed by atoms with Gasteiger partial charge in [-0.25, -0.2) is 4.79 Å². The molecule has 3 nitrogen and oxygen atoms in total. The number of nitrogens with two attached hydrogens (primary N) is 1. The summed E-state index contributed by atoms with van der Waals surface area (Å²) in [6.45, 7) is 2.08. The molecule has 0 saturated carbocycles. The van der Waals surface area contributed by atoms with E-state index in [2.05, 4.69) is 53.1 Å². The molecule has 0 atom stereocenters. The highest BCUT2D eigenvalue weighted by molar-refractivity contribution is 9.40. The van der Waals surface area contributed by atoms with Gasteiger partial charge in [-0.3, -0.25) is 0 Å². The lowest BCUT2D eigenvalue weighted by Crippen LogP contribution is -2.86. The number of carbonyl (C=O) groups is 1. The number of piperidine rings is 1. The summed E-state index contributed by atoms with van der Waals surface area (Å²) in [6, 6.07) is 0. The van der Waals surface area contributed by atoms with E-state index >= 15 is 0 Å². The van der Waals surface area contributed by atoms with Gasteiger partial charge in [0.05, 0.1) is 13.1 Å². The zero-order chi connectivity index (χ0) is 9.90. The molecule has 1 fully saturated rings. The number of rotatable bonds is 1. The fraction of sp³-hybridized carbons (Fsp3) is 0.857. The molecule has 1 aliphatic heterocycles. The van der Waals surface area contributed by atoms with Gasteiger partial charge in [-0.2, -0.15) is 0 Å². The molecule has 1 heterocycles. The molecule has 2 N–H and O–H groups in total. The lowest BCUT2D eigenvalue weighted by atomic mass is 10.1. The Bertz CT molecular complexity index is 187. The molecule has 1 saturated heterocycles. The maximum absolute atomic E-state index is 11.4. The third-order valence-electron chi connectivity index (χ3n) is 1.89. The van der Waals surface area contributed by atoms with Gasteiger partial charge in [-0.05, 0) is 47.8 Å².